The Balaban J connectivity index is 1.51. The molecule has 3 heterocycles. The highest BCUT2D eigenvalue weighted by Gasteiger charge is 2.56. The average Bonchev–Trinajstić information content (AvgIpc) is 3.25. The number of carbonyl (C=O) groups excluding carboxylic acids is 2. The molecule has 0 aliphatic carbocycles. The molecule has 0 bridgehead atoms. The van der Waals surface area contributed by atoms with E-state index in [4.69, 9.17) is 11.6 Å². The Hall–Kier alpha value is -3.64. The lowest BCUT2D eigenvalue weighted by molar-refractivity contribution is -0.166. The van der Waals surface area contributed by atoms with Crippen molar-refractivity contribution in [3.63, 3.8) is 0 Å². The summed E-state index contributed by atoms with van der Waals surface area (Å²) in [5.41, 5.74) is 3.13. The van der Waals surface area contributed by atoms with Gasteiger partial charge >= 0.3 is 0 Å². The number of H-pyrrole nitrogens is 1. The van der Waals surface area contributed by atoms with Gasteiger partial charge in [0.2, 0.25) is 5.91 Å². The highest BCUT2D eigenvalue weighted by Crippen LogP contribution is 2.49. The first-order valence-corrected chi connectivity index (χ1v) is 12.0. The van der Waals surface area contributed by atoms with Crippen LogP contribution in [0.3, 0.4) is 0 Å². The van der Waals surface area contributed by atoms with Gasteiger partial charge in [-0.15, -0.1) is 0 Å². The van der Waals surface area contributed by atoms with Crippen LogP contribution in [0.4, 0.5) is 4.39 Å². The van der Waals surface area contributed by atoms with Crippen LogP contribution in [-0.2, 0) is 21.7 Å². The van der Waals surface area contributed by atoms with Gasteiger partial charge in [-0.25, -0.2) is 4.39 Å². The Labute approximate surface area is 207 Å². The fourth-order valence-corrected chi connectivity index (χ4v) is 5.92. The molecule has 5 nitrogen and oxygen atoms in total. The SMILES string of the molecule is CC12C(=O)N(Cc3ccc(F)cc3)CC(=O)N1CC(c1ccccc1Cl)c1c2[nH]c2ccccc12. The molecule has 0 saturated carbocycles. The van der Waals surface area contributed by atoms with E-state index < -0.39 is 5.54 Å². The van der Waals surface area contributed by atoms with Crippen molar-refractivity contribution in [2.24, 2.45) is 0 Å². The normalized spacial score (nSPS) is 21.9. The second-order valence-electron chi connectivity index (χ2n) is 9.40. The number of hydrogen-bond acceptors (Lipinski definition) is 2. The lowest BCUT2D eigenvalue weighted by atomic mass is 9.76. The standard InChI is InChI=1S/C28H23ClFN3O2/c1-28-26-25(20-7-3-5-9-23(20)31-26)21(19-6-2-4-8-22(19)29)15-33(28)24(34)16-32(27(28)35)14-17-10-12-18(30)13-11-17/h2-13,21,31H,14-16H2,1H3. The van der Waals surface area contributed by atoms with Crippen LogP contribution >= 0.6 is 11.6 Å². The highest BCUT2D eigenvalue weighted by atomic mass is 35.5. The molecule has 1 aromatic heterocycles. The van der Waals surface area contributed by atoms with Gasteiger partial charge < -0.3 is 14.8 Å². The number of rotatable bonds is 3. The van der Waals surface area contributed by atoms with Gasteiger partial charge in [-0.05, 0) is 47.9 Å². The molecule has 4 aromatic rings. The zero-order valence-electron chi connectivity index (χ0n) is 19.1. The van der Waals surface area contributed by atoms with Crippen LogP contribution in [0.25, 0.3) is 10.9 Å². The predicted octanol–water partition coefficient (Wildman–Crippen LogP) is 5.19. The third-order valence-corrected chi connectivity index (χ3v) is 7.73. The molecule has 0 radical (unpaired) electrons. The van der Waals surface area contributed by atoms with Gasteiger partial charge in [0.15, 0.2) is 5.54 Å². The van der Waals surface area contributed by atoms with Gasteiger partial charge in [-0.2, -0.15) is 0 Å². The fraction of sp³-hybridized carbons (Fsp3) is 0.214. The summed E-state index contributed by atoms with van der Waals surface area (Å²) in [6.07, 6.45) is 0. The second kappa shape index (κ2) is 7.95. The minimum atomic E-state index is -1.19. The minimum absolute atomic E-state index is 0.0311. The highest BCUT2D eigenvalue weighted by molar-refractivity contribution is 6.31. The number of aromatic nitrogens is 1. The molecule has 2 unspecified atom stereocenters. The Kier molecular flexibility index (Phi) is 4.97. The number of benzene rings is 3. The number of amides is 2. The van der Waals surface area contributed by atoms with Gasteiger partial charge in [0.25, 0.3) is 5.91 Å². The van der Waals surface area contributed by atoms with Gasteiger partial charge in [-0.1, -0.05) is 60.1 Å². The lowest BCUT2D eigenvalue weighted by Crippen LogP contribution is -2.67. The van der Waals surface area contributed by atoms with E-state index in [2.05, 4.69) is 4.98 Å². The molecule has 2 aliphatic rings. The molecule has 6 rings (SSSR count). The molecular formula is C28H23ClFN3O2. The first-order valence-electron chi connectivity index (χ1n) is 11.6. The van der Waals surface area contributed by atoms with Crippen molar-refractivity contribution in [1.82, 2.24) is 14.8 Å². The molecule has 1 N–H and O–H groups in total. The van der Waals surface area contributed by atoms with E-state index >= 15 is 0 Å². The van der Waals surface area contributed by atoms with Crippen molar-refractivity contribution in [1.29, 1.82) is 0 Å². The molecule has 0 spiro atoms. The smallest absolute Gasteiger partial charge is 0.255 e. The van der Waals surface area contributed by atoms with E-state index in [-0.39, 0.29) is 36.6 Å². The summed E-state index contributed by atoms with van der Waals surface area (Å²) in [6, 6.07) is 21.6. The van der Waals surface area contributed by atoms with Crippen molar-refractivity contribution in [2.75, 3.05) is 13.1 Å². The van der Waals surface area contributed by atoms with E-state index in [1.54, 1.807) is 21.9 Å². The first-order chi connectivity index (χ1) is 16.9. The average molecular weight is 488 g/mol. The predicted molar refractivity (Wildman–Crippen MR) is 132 cm³/mol. The molecule has 2 atom stereocenters. The summed E-state index contributed by atoms with van der Waals surface area (Å²) in [6.45, 7) is 2.37. The summed E-state index contributed by atoms with van der Waals surface area (Å²) >= 11 is 6.63. The maximum absolute atomic E-state index is 14.1. The van der Waals surface area contributed by atoms with Crippen LogP contribution in [-0.4, -0.2) is 39.7 Å². The molecule has 3 aromatic carbocycles. The third-order valence-electron chi connectivity index (χ3n) is 7.38. The maximum Gasteiger partial charge on any atom is 0.255 e. The number of halogens is 2. The molecular weight excluding hydrogens is 465 g/mol. The van der Waals surface area contributed by atoms with Crippen molar-refractivity contribution >= 4 is 34.3 Å². The summed E-state index contributed by atoms with van der Waals surface area (Å²) in [4.78, 5) is 34.4. The summed E-state index contributed by atoms with van der Waals surface area (Å²) < 4.78 is 13.4. The largest absolute Gasteiger partial charge is 0.356 e. The van der Waals surface area contributed by atoms with E-state index in [9.17, 15) is 14.0 Å². The Morgan fingerprint density at radius 1 is 1.03 bits per heavy atom. The number of para-hydroxylation sites is 1. The van der Waals surface area contributed by atoms with Crippen molar-refractivity contribution in [3.05, 3.63) is 106 Å². The fourth-order valence-electron chi connectivity index (χ4n) is 5.65. The van der Waals surface area contributed by atoms with E-state index in [1.165, 1.54) is 12.1 Å². The Morgan fingerprint density at radius 2 is 1.74 bits per heavy atom. The molecule has 1 saturated heterocycles. The molecule has 176 valence electrons. The van der Waals surface area contributed by atoms with E-state index in [1.807, 2.05) is 55.5 Å². The zero-order chi connectivity index (χ0) is 24.3. The van der Waals surface area contributed by atoms with Crippen molar-refractivity contribution in [2.45, 2.75) is 24.9 Å². The van der Waals surface area contributed by atoms with Crippen LogP contribution in [0.15, 0.2) is 72.8 Å². The molecule has 1 fully saturated rings. The van der Waals surface area contributed by atoms with Crippen LogP contribution in [0, 0.1) is 5.82 Å². The number of piperazine rings is 1. The maximum atomic E-state index is 14.1. The lowest BCUT2D eigenvalue weighted by Gasteiger charge is -2.51. The van der Waals surface area contributed by atoms with Crippen LogP contribution in [0.2, 0.25) is 5.02 Å². The van der Waals surface area contributed by atoms with Gasteiger partial charge in [0, 0.05) is 34.9 Å². The second-order valence-corrected chi connectivity index (χ2v) is 9.80. The van der Waals surface area contributed by atoms with Gasteiger partial charge in [-0.3, -0.25) is 9.59 Å². The molecule has 7 heteroatoms. The van der Waals surface area contributed by atoms with Crippen molar-refractivity contribution < 1.29 is 14.0 Å². The van der Waals surface area contributed by atoms with Gasteiger partial charge in [0.05, 0.1) is 5.69 Å². The van der Waals surface area contributed by atoms with E-state index in [0.29, 0.717) is 11.6 Å². The summed E-state index contributed by atoms with van der Waals surface area (Å²) in [5, 5.41) is 1.65. The first kappa shape index (κ1) is 21.9. The summed E-state index contributed by atoms with van der Waals surface area (Å²) in [7, 11) is 0. The number of nitrogens with one attached hydrogen (secondary N) is 1. The van der Waals surface area contributed by atoms with Gasteiger partial charge in [0.1, 0.15) is 12.4 Å². The topological polar surface area (TPSA) is 56.4 Å². The number of fused-ring (bicyclic) bond motifs is 5. The van der Waals surface area contributed by atoms with E-state index in [0.717, 1.165) is 33.3 Å². The Morgan fingerprint density at radius 3 is 2.51 bits per heavy atom. The van der Waals surface area contributed by atoms with Crippen LogP contribution in [0.1, 0.15) is 35.2 Å². The number of aromatic amines is 1. The quantitative estimate of drug-likeness (QED) is 0.432. The van der Waals surface area contributed by atoms with Crippen molar-refractivity contribution in [3.8, 4) is 0 Å². The minimum Gasteiger partial charge on any atom is -0.356 e. The summed E-state index contributed by atoms with van der Waals surface area (Å²) in [5.74, 6) is -0.806. The number of hydrogen-bond donors (Lipinski definition) is 1. The third kappa shape index (κ3) is 3.27. The number of carbonyl (C=O) groups is 2. The Bertz CT molecular complexity index is 1480. The molecule has 2 aliphatic heterocycles. The molecule has 2 amide bonds. The monoisotopic (exact) mass is 487 g/mol. The van der Waals surface area contributed by atoms with Crippen LogP contribution < -0.4 is 0 Å². The zero-order valence-corrected chi connectivity index (χ0v) is 19.8. The number of nitrogens with zero attached hydrogens (tertiary/aromatic N) is 2. The molecule has 35 heavy (non-hydrogen) atoms. The van der Waals surface area contributed by atoms with Crippen LogP contribution in [0.5, 0.6) is 0 Å².